The van der Waals surface area contributed by atoms with Gasteiger partial charge >= 0.3 is 0 Å². The lowest BCUT2D eigenvalue weighted by Gasteiger charge is -2.22. The fraction of sp³-hybridized carbons (Fsp3) is 0.538. The molecule has 1 heterocycles. The van der Waals surface area contributed by atoms with E-state index in [9.17, 15) is 0 Å². The van der Waals surface area contributed by atoms with Crippen LogP contribution in [0, 0.1) is 0 Å². The molecule has 3 N–H and O–H groups in total. The van der Waals surface area contributed by atoms with Crippen molar-refractivity contribution in [1.82, 2.24) is 5.43 Å². The average molecular weight is 236 g/mol. The summed E-state index contributed by atoms with van der Waals surface area (Å²) in [5.41, 5.74) is 5.71. The second-order valence-electron chi connectivity index (χ2n) is 4.29. The molecule has 3 heteroatoms. The highest BCUT2D eigenvalue weighted by molar-refractivity contribution is 8.00. The summed E-state index contributed by atoms with van der Waals surface area (Å²) in [4.78, 5) is 0. The van der Waals surface area contributed by atoms with Crippen molar-refractivity contribution < 1.29 is 0 Å². The van der Waals surface area contributed by atoms with Gasteiger partial charge in [0.15, 0.2) is 0 Å². The number of nitrogens with one attached hydrogen (secondary N) is 1. The summed E-state index contributed by atoms with van der Waals surface area (Å²) in [7, 11) is 0. The van der Waals surface area contributed by atoms with Crippen molar-refractivity contribution in [1.29, 1.82) is 0 Å². The lowest BCUT2D eigenvalue weighted by Crippen LogP contribution is -2.34. The minimum atomic E-state index is 0.305. The van der Waals surface area contributed by atoms with Gasteiger partial charge in [0.25, 0.3) is 0 Å². The van der Waals surface area contributed by atoms with Crippen LogP contribution in [0.25, 0.3) is 0 Å². The van der Waals surface area contributed by atoms with Gasteiger partial charge < -0.3 is 0 Å². The number of aryl methyl sites for hydroxylation is 1. The van der Waals surface area contributed by atoms with E-state index in [1.807, 2.05) is 11.8 Å². The van der Waals surface area contributed by atoms with Crippen molar-refractivity contribution in [2.24, 2.45) is 5.84 Å². The van der Waals surface area contributed by atoms with Gasteiger partial charge in [0.2, 0.25) is 0 Å². The fourth-order valence-corrected chi connectivity index (χ4v) is 3.69. The Hall–Kier alpha value is -0.510. The Kier molecular flexibility index (Phi) is 4.27. The fourth-order valence-electron chi connectivity index (χ4n) is 2.29. The zero-order valence-electron chi connectivity index (χ0n) is 9.78. The standard InChI is InChI=1S/C13H20N2S/c1-2-10-5-3-6-11(9-10)13(15-14)12-7-4-8-16-12/h3,5-6,9,12-13,15H,2,4,7-8,14H2,1H3. The van der Waals surface area contributed by atoms with E-state index in [4.69, 9.17) is 5.84 Å². The molecule has 1 aliphatic rings. The topological polar surface area (TPSA) is 38.0 Å². The molecular formula is C13H20N2S. The van der Waals surface area contributed by atoms with Crippen LogP contribution in [0.4, 0.5) is 0 Å². The first-order chi connectivity index (χ1) is 7.85. The molecule has 0 saturated carbocycles. The summed E-state index contributed by atoms with van der Waals surface area (Å²) < 4.78 is 0. The van der Waals surface area contributed by atoms with Gasteiger partial charge in [-0.25, -0.2) is 0 Å². The number of hydrogen-bond donors (Lipinski definition) is 2. The van der Waals surface area contributed by atoms with Crippen LogP contribution in [-0.4, -0.2) is 11.0 Å². The van der Waals surface area contributed by atoms with Gasteiger partial charge in [-0.15, -0.1) is 0 Å². The van der Waals surface area contributed by atoms with Gasteiger partial charge in [-0.2, -0.15) is 11.8 Å². The molecule has 0 radical (unpaired) electrons. The number of thioether (sulfide) groups is 1. The third kappa shape index (κ3) is 2.59. The molecule has 2 atom stereocenters. The number of benzene rings is 1. The highest BCUT2D eigenvalue weighted by atomic mass is 32.2. The van der Waals surface area contributed by atoms with Gasteiger partial charge in [-0.3, -0.25) is 11.3 Å². The Labute approximate surface area is 102 Å². The quantitative estimate of drug-likeness (QED) is 0.623. The maximum absolute atomic E-state index is 5.71. The third-order valence-electron chi connectivity index (χ3n) is 3.23. The van der Waals surface area contributed by atoms with Crippen LogP contribution in [0.1, 0.15) is 36.9 Å². The Morgan fingerprint density at radius 3 is 3.06 bits per heavy atom. The van der Waals surface area contributed by atoms with Gasteiger partial charge in [-0.1, -0.05) is 31.2 Å². The van der Waals surface area contributed by atoms with E-state index < -0.39 is 0 Å². The molecule has 0 spiro atoms. The molecular weight excluding hydrogens is 216 g/mol. The molecule has 1 fully saturated rings. The minimum absolute atomic E-state index is 0.305. The van der Waals surface area contributed by atoms with Gasteiger partial charge in [0.05, 0.1) is 6.04 Å². The molecule has 1 aromatic carbocycles. The highest BCUT2D eigenvalue weighted by Gasteiger charge is 2.25. The normalized spacial score (nSPS) is 22.2. The molecule has 1 aliphatic heterocycles. The second-order valence-corrected chi connectivity index (χ2v) is 5.64. The Balaban J connectivity index is 2.18. The molecule has 2 unspecified atom stereocenters. The van der Waals surface area contributed by atoms with Crippen molar-refractivity contribution in [2.45, 2.75) is 37.5 Å². The second kappa shape index (κ2) is 5.71. The number of hydrazine groups is 1. The van der Waals surface area contributed by atoms with Crippen LogP contribution in [0.3, 0.4) is 0 Å². The minimum Gasteiger partial charge on any atom is -0.271 e. The first-order valence-electron chi connectivity index (χ1n) is 6.01. The molecule has 0 aromatic heterocycles. The molecule has 1 aromatic rings. The lowest BCUT2D eigenvalue weighted by molar-refractivity contribution is 0.520. The lowest BCUT2D eigenvalue weighted by atomic mass is 9.99. The van der Waals surface area contributed by atoms with E-state index in [2.05, 4.69) is 36.6 Å². The Morgan fingerprint density at radius 1 is 1.56 bits per heavy atom. The monoisotopic (exact) mass is 236 g/mol. The largest absolute Gasteiger partial charge is 0.271 e. The van der Waals surface area contributed by atoms with E-state index in [0.717, 1.165) is 6.42 Å². The van der Waals surface area contributed by atoms with E-state index in [1.54, 1.807) is 0 Å². The first-order valence-corrected chi connectivity index (χ1v) is 7.06. The van der Waals surface area contributed by atoms with Crippen molar-refractivity contribution in [3.05, 3.63) is 35.4 Å². The summed E-state index contributed by atoms with van der Waals surface area (Å²) >= 11 is 2.04. The van der Waals surface area contributed by atoms with Crippen LogP contribution in [-0.2, 0) is 6.42 Å². The highest BCUT2D eigenvalue weighted by Crippen LogP contribution is 2.35. The smallest absolute Gasteiger partial charge is 0.0578 e. The van der Waals surface area contributed by atoms with Crippen LogP contribution >= 0.6 is 11.8 Å². The number of rotatable bonds is 4. The van der Waals surface area contributed by atoms with Crippen LogP contribution in [0.15, 0.2) is 24.3 Å². The number of hydrogen-bond acceptors (Lipinski definition) is 3. The van der Waals surface area contributed by atoms with Gasteiger partial charge in [0, 0.05) is 5.25 Å². The summed E-state index contributed by atoms with van der Waals surface area (Å²) in [5, 5.41) is 0.636. The maximum Gasteiger partial charge on any atom is 0.0578 e. The number of nitrogens with two attached hydrogens (primary N) is 1. The van der Waals surface area contributed by atoms with Crippen molar-refractivity contribution in [3.8, 4) is 0 Å². The Bertz CT molecular complexity index is 334. The molecule has 88 valence electrons. The predicted molar refractivity (Wildman–Crippen MR) is 71.4 cm³/mol. The molecule has 1 saturated heterocycles. The SMILES string of the molecule is CCc1cccc(C(NN)C2CCCS2)c1. The summed E-state index contributed by atoms with van der Waals surface area (Å²) in [6, 6.07) is 9.09. The van der Waals surface area contributed by atoms with Crippen LogP contribution in [0.2, 0.25) is 0 Å². The first kappa shape index (κ1) is 12.0. The summed E-state index contributed by atoms with van der Waals surface area (Å²) in [6.45, 7) is 2.19. The zero-order chi connectivity index (χ0) is 11.4. The summed E-state index contributed by atoms with van der Waals surface area (Å²) in [6.07, 6.45) is 3.68. The molecule has 0 amide bonds. The molecule has 0 aliphatic carbocycles. The van der Waals surface area contributed by atoms with Gasteiger partial charge in [0.1, 0.15) is 0 Å². The predicted octanol–water partition coefficient (Wildman–Crippen LogP) is 2.65. The molecule has 16 heavy (non-hydrogen) atoms. The van der Waals surface area contributed by atoms with Crippen molar-refractivity contribution in [3.63, 3.8) is 0 Å². The maximum atomic E-state index is 5.71. The average Bonchev–Trinajstić information content (AvgIpc) is 2.84. The van der Waals surface area contributed by atoms with Crippen molar-refractivity contribution in [2.75, 3.05) is 5.75 Å². The van der Waals surface area contributed by atoms with Gasteiger partial charge in [-0.05, 0) is 36.1 Å². The zero-order valence-corrected chi connectivity index (χ0v) is 10.6. The van der Waals surface area contributed by atoms with E-state index in [1.165, 1.54) is 29.7 Å². The molecule has 0 bridgehead atoms. The van der Waals surface area contributed by atoms with Crippen LogP contribution in [0.5, 0.6) is 0 Å². The third-order valence-corrected chi connectivity index (χ3v) is 4.70. The van der Waals surface area contributed by atoms with E-state index in [-0.39, 0.29) is 0 Å². The molecule has 2 rings (SSSR count). The molecule has 2 nitrogen and oxygen atoms in total. The summed E-state index contributed by atoms with van der Waals surface area (Å²) in [5.74, 6) is 6.99. The van der Waals surface area contributed by atoms with Crippen molar-refractivity contribution >= 4 is 11.8 Å². The Morgan fingerprint density at radius 2 is 2.44 bits per heavy atom. The van der Waals surface area contributed by atoms with E-state index in [0.29, 0.717) is 11.3 Å². The van der Waals surface area contributed by atoms with E-state index >= 15 is 0 Å². The van der Waals surface area contributed by atoms with Crippen LogP contribution < -0.4 is 11.3 Å².